The molecule has 34 heavy (non-hydrogen) atoms. The van der Waals surface area contributed by atoms with Crippen LogP contribution in [0.1, 0.15) is 48.8 Å². The van der Waals surface area contributed by atoms with Crippen molar-refractivity contribution in [1.82, 2.24) is 10.6 Å². The lowest BCUT2D eigenvalue weighted by Gasteiger charge is -2.29. The van der Waals surface area contributed by atoms with Crippen LogP contribution in [0.3, 0.4) is 0 Å². The Kier molecular flexibility index (Phi) is 7.59. The minimum atomic E-state index is -5.03. The lowest BCUT2D eigenvalue weighted by molar-refractivity contribution is -0.143. The molecule has 2 atom stereocenters. The average Bonchev–Trinajstić information content (AvgIpc) is 3.16. The van der Waals surface area contributed by atoms with Gasteiger partial charge in [0.1, 0.15) is 0 Å². The minimum absolute atomic E-state index is 0.00501. The number of carbonyl (C=O) groups is 1. The van der Waals surface area contributed by atoms with E-state index in [4.69, 9.17) is 4.74 Å². The zero-order valence-electron chi connectivity index (χ0n) is 18.4. The summed E-state index contributed by atoms with van der Waals surface area (Å²) >= 11 is 0. The van der Waals surface area contributed by atoms with Gasteiger partial charge in [-0.15, -0.1) is 0 Å². The topological polar surface area (TPSA) is 84.5 Å². The van der Waals surface area contributed by atoms with Crippen LogP contribution in [0.25, 0.3) is 0 Å². The summed E-state index contributed by atoms with van der Waals surface area (Å²) in [5.41, 5.74) is -3.45. The van der Waals surface area contributed by atoms with Gasteiger partial charge in [0.25, 0.3) is 0 Å². The number of ether oxygens (including phenoxy) is 1. The first-order valence-corrected chi connectivity index (χ1v) is 12.6. The molecule has 1 aromatic rings. The summed E-state index contributed by atoms with van der Waals surface area (Å²) in [6.07, 6.45) is -7.31. The van der Waals surface area contributed by atoms with E-state index >= 15 is 0 Å². The Morgan fingerprint density at radius 2 is 1.56 bits per heavy atom. The SMILES string of the molecule is CS(=O)(=O)C1(C(=O)NCc2cc(C(F)(F)F)cc(C(F)(F)F)c2)CC[C@@H](NC2CCOCC2)C1. The molecule has 0 aromatic heterocycles. The second-order valence-electron chi connectivity index (χ2n) is 8.86. The minimum Gasteiger partial charge on any atom is -0.381 e. The third-order valence-corrected chi connectivity index (χ3v) is 8.37. The summed E-state index contributed by atoms with van der Waals surface area (Å²) in [7, 11) is -3.94. The van der Waals surface area contributed by atoms with Gasteiger partial charge in [-0.1, -0.05) is 0 Å². The Bertz CT molecular complexity index is 973. The van der Waals surface area contributed by atoms with E-state index in [-0.39, 0.29) is 31.0 Å². The van der Waals surface area contributed by atoms with Crippen molar-refractivity contribution in [3.05, 3.63) is 34.9 Å². The van der Waals surface area contributed by atoms with Crippen molar-refractivity contribution in [3.63, 3.8) is 0 Å². The molecule has 0 bridgehead atoms. The Morgan fingerprint density at radius 3 is 2.06 bits per heavy atom. The average molecular weight is 517 g/mol. The van der Waals surface area contributed by atoms with Crippen LogP contribution in [0.5, 0.6) is 0 Å². The number of alkyl halides is 6. The molecular weight excluding hydrogens is 490 g/mol. The highest BCUT2D eigenvalue weighted by Gasteiger charge is 2.53. The molecule has 192 valence electrons. The molecule has 0 spiro atoms. The fraction of sp³-hybridized carbons (Fsp3) is 0.667. The highest BCUT2D eigenvalue weighted by Crippen LogP contribution is 2.39. The number of carbonyl (C=O) groups excluding carboxylic acids is 1. The van der Waals surface area contributed by atoms with E-state index < -0.39 is 56.1 Å². The van der Waals surface area contributed by atoms with Crippen LogP contribution in [0, 0.1) is 0 Å². The summed E-state index contributed by atoms with van der Waals surface area (Å²) in [5.74, 6) is -0.933. The zero-order valence-corrected chi connectivity index (χ0v) is 19.2. The van der Waals surface area contributed by atoms with Gasteiger partial charge in [0.05, 0.1) is 11.1 Å². The molecule has 13 heteroatoms. The van der Waals surface area contributed by atoms with Crippen molar-refractivity contribution in [2.75, 3.05) is 19.5 Å². The summed E-state index contributed by atoms with van der Waals surface area (Å²) < 4.78 is 107. The lowest BCUT2D eigenvalue weighted by Crippen LogP contribution is -2.51. The highest BCUT2D eigenvalue weighted by molar-refractivity contribution is 7.92. The molecule has 3 rings (SSSR count). The van der Waals surface area contributed by atoms with Gasteiger partial charge < -0.3 is 15.4 Å². The molecule has 2 N–H and O–H groups in total. The molecule has 1 aliphatic heterocycles. The number of hydrogen-bond acceptors (Lipinski definition) is 5. The molecule has 2 aliphatic rings. The van der Waals surface area contributed by atoms with Gasteiger partial charge in [-0.25, -0.2) is 8.42 Å². The van der Waals surface area contributed by atoms with Crippen molar-refractivity contribution in [2.24, 2.45) is 0 Å². The smallest absolute Gasteiger partial charge is 0.381 e. The van der Waals surface area contributed by atoms with Crippen molar-refractivity contribution < 1.29 is 44.3 Å². The number of benzene rings is 1. The second-order valence-corrected chi connectivity index (χ2v) is 11.2. The summed E-state index contributed by atoms with van der Waals surface area (Å²) in [6, 6.07) is 0.851. The normalized spacial score (nSPS) is 24.9. The molecule has 1 saturated carbocycles. The predicted octanol–water partition coefficient (Wildman–Crippen LogP) is 3.44. The standard InChI is InChI=1S/C21H26F6N2O4S/c1-34(31,32)19(5-2-17(11-19)29-16-3-6-33-7-4-16)18(30)28-12-13-8-14(20(22,23)24)10-15(9-13)21(25,26)27/h8-10,16-17,29H,2-7,11-12H2,1H3,(H,28,30)/t17-,19?/m1/s1. The van der Waals surface area contributed by atoms with E-state index in [1.54, 1.807) is 0 Å². The summed E-state index contributed by atoms with van der Waals surface area (Å²) in [5, 5.41) is 5.62. The fourth-order valence-electron chi connectivity index (χ4n) is 4.53. The van der Waals surface area contributed by atoms with Crippen molar-refractivity contribution >= 4 is 15.7 Å². The Labute approximate surface area is 193 Å². The van der Waals surface area contributed by atoms with Crippen LogP contribution < -0.4 is 10.6 Å². The van der Waals surface area contributed by atoms with E-state index in [2.05, 4.69) is 10.6 Å². The van der Waals surface area contributed by atoms with Crippen LogP contribution in [-0.4, -0.2) is 50.6 Å². The largest absolute Gasteiger partial charge is 0.416 e. The van der Waals surface area contributed by atoms with Crippen LogP contribution in [0.2, 0.25) is 0 Å². The second kappa shape index (κ2) is 9.65. The molecule has 6 nitrogen and oxygen atoms in total. The Balaban J connectivity index is 1.77. The lowest BCUT2D eigenvalue weighted by atomic mass is 10.0. The molecule has 1 saturated heterocycles. The van der Waals surface area contributed by atoms with Gasteiger partial charge in [-0.3, -0.25) is 4.79 Å². The number of nitrogens with one attached hydrogen (secondary N) is 2. The third kappa shape index (κ3) is 6.03. The maximum absolute atomic E-state index is 13.1. The van der Waals surface area contributed by atoms with E-state index in [0.717, 1.165) is 19.1 Å². The molecule has 1 unspecified atom stereocenters. The van der Waals surface area contributed by atoms with Crippen LogP contribution >= 0.6 is 0 Å². The van der Waals surface area contributed by atoms with Crippen molar-refractivity contribution in [2.45, 2.75) is 67.8 Å². The van der Waals surface area contributed by atoms with E-state index in [1.807, 2.05) is 0 Å². The maximum Gasteiger partial charge on any atom is 0.416 e. The van der Waals surface area contributed by atoms with Gasteiger partial charge in [-0.2, -0.15) is 26.3 Å². The Hall–Kier alpha value is -1.86. The summed E-state index contributed by atoms with van der Waals surface area (Å²) in [4.78, 5) is 13.0. The van der Waals surface area contributed by atoms with E-state index in [1.165, 1.54) is 0 Å². The van der Waals surface area contributed by atoms with Crippen LogP contribution in [-0.2, 0) is 38.3 Å². The molecule has 2 fully saturated rings. The molecule has 1 aliphatic carbocycles. The van der Waals surface area contributed by atoms with Gasteiger partial charge in [0.15, 0.2) is 14.6 Å². The molecule has 1 amide bonds. The molecule has 0 radical (unpaired) electrons. The van der Waals surface area contributed by atoms with Gasteiger partial charge >= 0.3 is 12.4 Å². The van der Waals surface area contributed by atoms with E-state index in [9.17, 15) is 39.6 Å². The first-order valence-electron chi connectivity index (χ1n) is 10.7. The number of halogens is 6. The zero-order chi connectivity index (χ0) is 25.4. The van der Waals surface area contributed by atoms with Crippen LogP contribution in [0.15, 0.2) is 18.2 Å². The number of amides is 1. The number of sulfone groups is 1. The maximum atomic E-state index is 13.1. The fourth-order valence-corrected chi connectivity index (χ4v) is 5.93. The van der Waals surface area contributed by atoms with Crippen molar-refractivity contribution in [1.29, 1.82) is 0 Å². The highest BCUT2D eigenvalue weighted by atomic mass is 32.2. The van der Waals surface area contributed by atoms with Gasteiger partial charge in [0, 0.05) is 38.1 Å². The summed E-state index contributed by atoms with van der Waals surface area (Å²) in [6.45, 7) is 0.457. The first kappa shape index (κ1) is 26.7. The Morgan fingerprint density at radius 1 is 1.00 bits per heavy atom. The first-order chi connectivity index (χ1) is 15.6. The number of hydrogen-bond donors (Lipinski definition) is 2. The quantitative estimate of drug-likeness (QED) is 0.566. The predicted molar refractivity (Wildman–Crippen MR) is 110 cm³/mol. The third-order valence-electron chi connectivity index (χ3n) is 6.39. The molecular formula is C21H26F6N2O4S. The molecule has 1 heterocycles. The number of rotatable bonds is 6. The van der Waals surface area contributed by atoms with E-state index in [0.29, 0.717) is 31.8 Å². The molecule has 1 aromatic carbocycles. The van der Waals surface area contributed by atoms with Crippen molar-refractivity contribution in [3.8, 4) is 0 Å². The van der Waals surface area contributed by atoms with Crippen LogP contribution in [0.4, 0.5) is 26.3 Å². The van der Waals surface area contributed by atoms with Gasteiger partial charge in [0.2, 0.25) is 5.91 Å². The van der Waals surface area contributed by atoms with Gasteiger partial charge in [-0.05, 0) is 55.9 Å². The monoisotopic (exact) mass is 516 g/mol.